The second-order valence-corrected chi connectivity index (χ2v) is 5.20. The summed E-state index contributed by atoms with van der Waals surface area (Å²) in [5, 5.41) is 8.77. The molecule has 1 aromatic rings. The molecule has 1 atom stereocenters. The van der Waals surface area contributed by atoms with Gasteiger partial charge >= 0.3 is 0 Å². The lowest BCUT2D eigenvalue weighted by Crippen LogP contribution is -2.50. The van der Waals surface area contributed by atoms with Crippen LogP contribution >= 0.6 is 11.6 Å². The van der Waals surface area contributed by atoms with Gasteiger partial charge in [0.25, 0.3) is 0 Å². The highest BCUT2D eigenvalue weighted by Gasteiger charge is 2.23. The van der Waals surface area contributed by atoms with Crippen LogP contribution in [0.5, 0.6) is 0 Å². The van der Waals surface area contributed by atoms with E-state index in [1.807, 2.05) is 6.92 Å². The van der Waals surface area contributed by atoms with Crippen molar-refractivity contribution >= 4 is 17.4 Å². The van der Waals surface area contributed by atoms with Crippen LogP contribution < -0.4 is 4.90 Å². The van der Waals surface area contributed by atoms with Gasteiger partial charge in [-0.1, -0.05) is 11.6 Å². The zero-order chi connectivity index (χ0) is 12.6. The van der Waals surface area contributed by atoms with Crippen molar-refractivity contribution in [2.24, 2.45) is 0 Å². The molecule has 17 heavy (non-hydrogen) atoms. The summed E-state index contributed by atoms with van der Waals surface area (Å²) < 4.78 is 0. The van der Waals surface area contributed by atoms with Crippen LogP contribution in [-0.2, 0) is 0 Å². The van der Waals surface area contributed by atoms with Gasteiger partial charge < -0.3 is 9.80 Å². The Morgan fingerprint density at radius 2 is 1.88 bits per heavy atom. The first-order valence-electron chi connectivity index (χ1n) is 5.95. The summed E-state index contributed by atoms with van der Waals surface area (Å²) in [6, 6.07) is 0.543. The van der Waals surface area contributed by atoms with Crippen molar-refractivity contribution in [2.45, 2.75) is 26.8 Å². The highest BCUT2D eigenvalue weighted by atomic mass is 35.5. The predicted octanol–water partition coefficient (Wildman–Crippen LogP) is 1.89. The maximum atomic E-state index is 5.98. The van der Waals surface area contributed by atoms with Gasteiger partial charge in [-0.25, -0.2) is 0 Å². The van der Waals surface area contributed by atoms with E-state index in [1.54, 1.807) is 0 Å². The maximum Gasteiger partial charge on any atom is 0.155 e. The molecule has 0 amide bonds. The number of likely N-dealkylation sites (N-methyl/N-ethyl adjacent to an activating group) is 1. The largest absolute Gasteiger partial charge is 0.352 e. The Labute approximate surface area is 108 Å². The van der Waals surface area contributed by atoms with Crippen LogP contribution in [0.15, 0.2) is 0 Å². The summed E-state index contributed by atoms with van der Waals surface area (Å²) in [5.41, 5.74) is 2.17. The van der Waals surface area contributed by atoms with E-state index in [-0.39, 0.29) is 0 Å². The zero-order valence-electron chi connectivity index (χ0n) is 10.9. The quantitative estimate of drug-likeness (QED) is 0.766. The Balaban J connectivity index is 2.26. The number of aromatic nitrogens is 2. The van der Waals surface area contributed by atoms with E-state index >= 15 is 0 Å². The second-order valence-electron chi connectivity index (χ2n) is 4.84. The number of hydrogen-bond donors (Lipinski definition) is 0. The van der Waals surface area contributed by atoms with Gasteiger partial charge in [-0.15, -0.1) is 10.2 Å². The zero-order valence-corrected chi connectivity index (χ0v) is 11.6. The van der Waals surface area contributed by atoms with Crippen LogP contribution in [0.3, 0.4) is 0 Å². The topological polar surface area (TPSA) is 32.3 Å². The molecular weight excluding hydrogens is 236 g/mol. The molecule has 1 aliphatic heterocycles. The number of anilines is 1. The van der Waals surface area contributed by atoms with E-state index in [2.05, 4.69) is 40.9 Å². The number of nitrogens with zero attached hydrogens (tertiary/aromatic N) is 4. The van der Waals surface area contributed by atoms with Crippen molar-refractivity contribution in [2.75, 3.05) is 31.6 Å². The summed E-state index contributed by atoms with van der Waals surface area (Å²) in [6.45, 7) is 9.34. The third-order valence-electron chi connectivity index (χ3n) is 3.70. The molecule has 0 aliphatic carbocycles. The average molecular weight is 255 g/mol. The Hall–Kier alpha value is -0.870. The van der Waals surface area contributed by atoms with Crippen LogP contribution in [0.25, 0.3) is 0 Å². The molecule has 0 saturated carbocycles. The van der Waals surface area contributed by atoms with Crippen molar-refractivity contribution in [3.8, 4) is 0 Å². The smallest absolute Gasteiger partial charge is 0.155 e. The van der Waals surface area contributed by atoms with Gasteiger partial charge in [0.05, 0.1) is 0 Å². The third kappa shape index (κ3) is 2.38. The summed E-state index contributed by atoms with van der Waals surface area (Å²) in [6.07, 6.45) is 0. The third-order valence-corrected chi connectivity index (χ3v) is 4.06. The molecule has 2 heterocycles. The van der Waals surface area contributed by atoms with Crippen LogP contribution in [-0.4, -0.2) is 47.8 Å². The molecule has 1 saturated heterocycles. The van der Waals surface area contributed by atoms with Crippen molar-refractivity contribution in [1.29, 1.82) is 0 Å². The normalized spacial score (nSPS) is 21.9. The fourth-order valence-corrected chi connectivity index (χ4v) is 2.28. The molecule has 0 aromatic carbocycles. The molecule has 1 unspecified atom stereocenters. The summed E-state index contributed by atoms with van der Waals surface area (Å²) in [4.78, 5) is 4.67. The van der Waals surface area contributed by atoms with Gasteiger partial charge in [0.2, 0.25) is 0 Å². The predicted molar refractivity (Wildman–Crippen MR) is 70.8 cm³/mol. The molecule has 0 radical (unpaired) electrons. The standard InChI is InChI=1S/C12H19ClN4/c1-8-7-17(6-5-16(8)4)12-10(3)9(2)11(13)14-15-12/h8H,5-7H2,1-4H3. The number of hydrogen-bond acceptors (Lipinski definition) is 4. The fourth-order valence-electron chi connectivity index (χ4n) is 2.10. The van der Waals surface area contributed by atoms with E-state index in [0.717, 1.165) is 36.6 Å². The minimum Gasteiger partial charge on any atom is -0.352 e. The van der Waals surface area contributed by atoms with E-state index in [0.29, 0.717) is 11.2 Å². The lowest BCUT2D eigenvalue weighted by molar-refractivity contribution is 0.233. The summed E-state index contributed by atoms with van der Waals surface area (Å²) >= 11 is 5.98. The Kier molecular flexibility index (Phi) is 3.54. The molecule has 0 N–H and O–H groups in total. The van der Waals surface area contributed by atoms with E-state index < -0.39 is 0 Å². The van der Waals surface area contributed by atoms with Crippen molar-refractivity contribution < 1.29 is 0 Å². The second kappa shape index (κ2) is 4.78. The Bertz CT molecular complexity index is 421. The van der Waals surface area contributed by atoms with Crippen LogP contribution in [0.4, 0.5) is 5.82 Å². The molecule has 0 bridgehead atoms. The fraction of sp³-hybridized carbons (Fsp3) is 0.667. The molecule has 1 aromatic heterocycles. The lowest BCUT2D eigenvalue weighted by Gasteiger charge is -2.38. The van der Waals surface area contributed by atoms with Gasteiger partial charge in [-0.2, -0.15) is 0 Å². The van der Waals surface area contributed by atoms with Gasteiger partial charge in [-0.05, 0) is 38.9 Å². The van der Waals surface area contributed by atoms with Gasteiger partial charge in [0.1, 0.15) is 0 Å². The molecular formula is C12H19ClN4. The minimum atomic E-state index is 0.508. The van der Waals surface area contributed by atoms with Gasteiger partial charge in [-0.3, -0.25) is 0 Å². The van der Waals surface area contributed by atoms with Crippen molar-refractivity contribution in [3.05, 3.63) is 16.3 Å². The van der Waals surface area contributed by atoms with Gasteiger partial charge in [0.15, 0.2) is 11.0 Å². The summed E-state index contributed by atoms with van der Waals surface area (Å²) in [7, 11) is 2.16. The first-order valence-corrected chi connectivity index (χ1v) is 6.33. The molecule has 0 spiro atoms. The Morgan fingerprint density at radius 1 is 1.18 bits per heavy atom. The highest BCUT2D eigenvalue weighted by molar-refractivity contribution is 6.30. The Morgan fingerprint density at radius 3 is 2.53 bits per heavy atom. The molecule has 5 heteroatoms. The molecule has 4 nitrogen and oxygen atoms in total. The van der Waals surface area contributed by atoms with E-state index in [1.165, 1.54) is 0 Å². The molecule has 1 aliphatic rings. The van der Waals surface area contributed by atoms with Crippen molar-refractivity contribution in [1.82, 2.24) is 15.1 Å². The maximum absolute atomic E-state index is 5.98. The molecule has 2 rings (SSSR count). The molecule has 1 fully saturated rings. The van der Waals surface area contributed by atoms with Gasteiger partial charge in [0, 0.05) is 25.7 Å². The van der Waals surface area contributed by atoms with Crippen LogP contribution in [0, 0.1) is 13.8 Å². The number of rotatable bonds is 1. The van der Waals surface area contributed by atoms with E-state index in [4.69, 9.17) is 11.6 Å². The lowest BCUT2D eigenvalue weighted by atomic mass is 10.1. The van der Waals surface area contributed by atoms with Crippen LogP contribution in [0.1, 0.15) is 18.1 Å². The summed E-state index contributed by atoms with van der Waals surface area (Å²) in [5.74, 6) is 0.979. The first-order chi connectivity index (χ1) is 8.00. The number of halogens is 1. The molecule has 94 valence electrons. The SMILES string of the molecule is Cc1c(Cl)nnc(N2CCN(C)C(C)C2)c1C. The minimum absolute atomic E-state index is 0.508. The van der Waals surface area contributed by atoms with E-state index in [9.17, 15) is 0 Å². The van der Waals surface area contributed by atoms with Crippen molar-refractivity contribution in [3.63, 3.8) is 0 Å². The first kappa shape index (κ1) is 12.6. The number of piperazine rings is 1. The average Bonchev–Trinajstić information content (AvgIpc) is 2.30. The van der Waals surface area contributed by atoms with Crippen LogP contribution in [0.2, 0.25) is 5.15 Å². The highest BCUT2D eigenvalue weighted by Crippen LogP contribution is 2.25. The monoisotopic (exact) mass is 254 g/mol.